The van der Waals surface area contributed by atoms with Crippen molar-refractivity contribution in [3.63, 3.8) is 0 Å². The maximum Gasteiger partial charge on any atom is 0.322 e. The molecule has 23 heavy (non-hydrogen) atoms. The average molecular weight is 345 g/mol. The summed E-state index contributed by atoms with van der Waals surface area (Å²) in [7, 11) is -0.990. The molecule has 1 heterocycles. The van der Waals surface area contributed by atoms with Crippen molar-refractivity contribution in [2.75, 3.05) is 32.5 Å². The van der Waals surface area contributed by atoms with Crippen LogP contribution in [0.3, 0.4) is 0 Å². The van der Waals surface area contributed by atoms with Crippen LogP contribution >= 0.6 is 0 Å². The van der Waals surface area contributed by atoms with Crippen molar-refractivity contribution in [2.45, 2.75) is 23.8 Å². The van der Waals surface area contributed by atoms with Crippen molar-refractivity contribution in [1.82, 2.24) is 9.21 Å². The largest absolute Gasteiger partial charge is 0.391 e. The molecule has 0 unspecified atom stereocenters. The van der Waals surface area contributed by atoms with Crippen molar-refractivity contribution in [3.8, 4) is 0 Å². The summed E-state index contributed by atoms with van der Waals surface area (Å²) in [4.78, 5) is 13.4. The number of aliphatic hydroxyl groups excluding tert-OH is 1. The van der Waals surface area contributed by atoms with E-state index in [0.29, 0.717) is 19.4 Å². The van der Waals surface area contributed by atoms with Crippen LogP contribution in [0, 0.1) is 5.82 Å². The molecule has 2 rings (SSSR count). The van der Waals surface area contributed by atoms with Gasteiger partial charge in [-0.25, -0.2) is 21.9 Å². The number of amides is 2. The van der Waals surface area contributed by atoms with E-state index in [2.05, 4.69) is 5.32 Å². The van der Waals surface area contributed by atoms with Gasteiger partial charge in [0.05, 0.1) is 16.7 Å². The number of benzene rings is 1. The lowest BCUT2D eigenvalue weighted by molar-refractivity contribution is 0.0883. The SMILES string of the molecule is CN(C)S(=O)(=O)c1ccc(F)c(NC(=O)N2CCC[C@H](O)C2)c1. The number of carbonyl (C=O) groups is 1. The fraction of sp³-hybridized carbons (Fsp3) is 0.500. The fourth-order valence-electron chi connectivity index (χ4n) is 2.30. The third-order valence-electron chi connectivity index (χ3n) is 3.64. The number of urea groups is 1. The Morgan fingerprint density at radius 1 is 1.43 bits per heavy atom. The molecular weight excluding hydrogens is 325 g/mol. The standard InChI is InChI=1S/C14H20FN3O4S/c1-17(2)23(21,22)11-5-6-12(15)13(8-11)16-14(20)18-7-3-4-10(19)9-18/h5-6,8,10,19H,3-4,7,9H2,1-2H3,(H,16,20)/t10-/m0/s1. The second-order valence-electron chi connectivity index (χ2n) is 5.60. The number of nitrogens with one attached hydrogen (secondary N) is 1. The highest BCUT2D eigenvalue weighted by Crippen LogP contribution is 2.22. The van der Waals surface area contributed by atoms with E-state index in [-0.39, 0.29) is 17.1 Å². The number of aliphatic hydroxyl groups is 1. The molecule has 7 nitrogen and oxygen atoms in total. The summed E-state index contributed by atoms with van der Waals surface area (Å²) in [6.07, 6.45) is 0.681. The highest BCUT2D eigenvalue weighted by Gasteiger charge is 2.24. The zero-order valence-corrected chi connectivity index (χ0v) is 13.8. The van der Waals surface area contributed by atoms with Crippen molar-refractivity contribution in [1.29, 1.82) is 0 Å². The summed E-state index contributed by atoms with van der Waals surface area (Å²) in [6, 6.07) is 2.66. The molecule has 1 saturated heterocycles. The van der Waals surface area contributed by atoms with E-state index in [1.165, 1.54) is 19.0 Å². The van der Waals surface area contributed by atoms with Crippen molar-refractivity contribution < 1.29 is 22.7 Å². The number of hydrogen-bond donors (Lipinski definition) is 2. The van der Waals surface area contributed by atoms with Crippen molar-refractivity contribution in [3.05, 3.63) is 24.0 Å². The summed E-state index contributed by atoms with van der Waals surface area (Å²) in [5, 5.41) is 12.0. The van der Waals surface area contributed by atoms with Crippen LogP contribution in [0.1, 0.15) is 12.8 Å². The number of nitrogens with zero attached hydrogens (tertiary/aromatic N) is 2. The average Bonchev–Trinajstić information content (AvgIpc) is 2.49. The van der Waals surface area contributed by atoms with Crippen LogP contribution < -0.4 is 5.32 Å². The molecule has 9 heteroatoms. The lowest BCUT2D eigenvalue weighted by atomic mass is 10.1. The van der Waals surface area contributed by atoms with Crippen LogP contribution in [0.25, 0.3) is 0 Å². The number of hydrogen-bond acceptors (Lipinski definition) is 4. The first-order valence-corrected chi connectivity index (χ1v) is 8.62. The summed E-state index contributed by atoms with van der Waals surface area (Å²) in [6.45, 7) is 0.628. The minimum absolute atomic E-state index is 0.113. The Kier molecular flexibility index (Phi) is 5.23. The van der Waals surface area contributed by atoms with Gasteiger partial charge in [0, 0.05) is 27.2 Å². The minimum atomic E-state index is -3.72. The normalized spacial score (nSPS) is 19.0. The van der Waals surface area contributed by atoms with E-state index in [1.54, 1.807) is 0 Å². The van der Waals surface area contributed by atoms with Gasteiger partial charge < -0.3 is 15.3 Å². The zero-order chi connectivity index (χ0) is 17.2. The smallest absolute Gasteiger partial charge is 0.322 e. The molecule has 0 spiro atoms. The van der Waals surface area contributed by atoms with Gasteiger partial charge in [0.1, 0.15) is 5.82 Å². The fourth-order valence-corrected chi connectivity index (χ4v) is 3.23. The molecule has 1 aliphatic rings. The molecule has 0 aliphatic carbocycles. The van der Waals surface area contributed by atoms with Crippen LogP contribution in [0.15, 0.2) is 23.1 Å². The summed E-state index contributed by atoms with van der Waals surface area (Å²) < 4.78 is 39.0. The van der Waals surface area contributed by atoms with Gasteiger partial charge >= 0.3 is 6.03 Å². The lowest BCUT2D eigenvalue weighted by Crippen LogP contribution is -2.44. The highest BCUT2D eigenvalue weighted by molar-refractivity contribution is 7.89. The zero-order valence-electron chi connectivity index (χ0n) is 13.0. The van der Waals surface area contributed by atoms with Gasteiger partial charge in [-0.15, -0.1) is 0 Å². The van der Waals surface area contributed by atoms with Gasteiger partial charge in [-0.05, 0) is 31.0 Å². The topological polar surface area (TPSA) is 90.0 Å². The van der Waals surface area contributed by atoms with E-state index in [0.717, 1.165) is 22.5 Å². The first-order chi connectivity index (χ1) is 10.7. The first-order valence-electron chi connectivity index (χ1n) is 7.18. The maximum atomic E-state index is 13.9. The van der Waals surface area contributed by atoms with Crippen molar-refractivity contribution in [2.24, 2.45) is 0 Å². The summed E-state index contributed by atoms with van der Waals surface area (Å²) in [5.41, 5.74) is -0.210. The maximum absolute atomic E-state index is 13.9. The van der Waals surface area contributed by atoms with E-state index < -0.39 is 28.0 Å². The molecule has 1 aromatic carbocycles. The molecule has 1 atom stereocenters. The molecule has 1 fully saturated rings. The van der Waals surface area contributed by atoms with E-state index >= 15 is 0 Å². The number of anilines is 1. The lowest BCUT2D eigenvalue weighted by Gasteiger charge is -2.30. The second-order valence-corrected chi connectivity index (χ2v) is 7.75. The van der Waals surface area contributed by atoms with Crippen molar-refractivity contribution >= 4 is 21.7 Å². The second kappa shape index (κ2) is 6.81. The molecule has 1 aliphatic heterocycles. The van der Waals surface area contributed by atoms with Crippen LogP contribution in [-0.2, 0) is 10.0 Å². The van der Waals surface area contributed by atoms with E-state index in [4.69, 9.17) is 0 Å². The predicted octanol–water partition coefficient (Wildman–Crippen LogP) is 1.06. The first kappa shape index (κ1) is 17.6. The van der Waals surface area contributed by atoms with Gasteiger partial charge in [-0.2, -0.15) is 0 Å². The van der Waals surface area contributed by atoms with Crippen LogP contribution in [0.4, 0.5) is 14.9 Å². The number of rotatable bonds is 3. The Labute approximate surface area is 134 Å². The molecule has 0 radical (unpaired) electrons. The summed E-state index contributed by atoms with van der Waals surface area (Å²) in [5.74, 6) is -0.728. The van der Waals surface area contributed by atoms with Gasteiger partial charge in [-0.1, -0.05) is 0 Å². The number of halogens is 1. The molecule has 0 aromatic heterocycles. The predicted molar refractivity (Wildman–Crippen MR) is 83.1 cm³/mol. The Morgan fingerprint density at radius 2 is 2.13 bits per heavy atom. The number of likely N-dealkylation sites (tertiary alicyclic amines) is 1. The van der Waals surface area contributed by atoms with Crippen LogP contribution in [0.2, 0.25) is 0 Å². The Morgan fingerprint density at radius 3 is 2.74 bits per heavy atom. The monoisotopic (exact) mass is 345 g/mol. The van der Waals surface area contributed by atoms with Gasteiger partial charge in [0.25, 0.3) is 0 Å². The number of sulfonamides is 1. The molecular formula is C14H20FN3O4S. The Hall–Kier alpha value is -1.71. The van der Waals surface area contributed by atoms with E-state index in [1.807, 2.05) is 0 Å². The van der Waals surface area contributed by atoms with Gasteiger partial charge in [0.15, 0.2) is 0 Å². The molecule has 128 valence electrons. The van der Waals surface area contributed by atoms with Crippen LogP contribution in [0.5, 0.6) is 0 Å². The summed E-state index contributed by atoms with van der Waals surface area (Å²) >= 11 is 0. The Bertz CT molecular complexity index is 693. The third-order valence-corrected chi connectivity index (χ3v) is 5.45. The van der Waals surface area contributed by atoms with Crippen LogP contribution in [-0.4, -0.2) is 62.0 Å². The molecule has 2 N–H and O–H groups in total. The quantitative estimate of drug-likeness (QED) is 0.857. The number of β-amino-alcohol motifs (C(OH)–C–C–N with tert-alkyl or cyclic N) is 1. The molecule has 0 saturated carbocycles. The number of carbonyl (C=O) groups excluding carboxylic acids is 1. The van der Waals surface area contributed by atoms with Gasteiger partial charge in [-0.3, -0.25) is 0 Å². The molecule has 2 amide bonds. The highest BCUT2D eigenvalue weighted by atomic mass is 32.2. The van der Waals surface area contributed by atoms with E-state index in [9.17, 15) is 22.7 Å². The minimum Gasteiger partial charge on any atom is -0.391 e. The third kappa shape index (κ3) is 3.98. The molecule has 1 aromatic rings. The number of piperidine rings is 1. The van der Waals surface area contributed by atoms with Gasteiger partial charge in [0.2, 0.25) is 10.0 Å². The molecule has 0 bridgehead atoms. The Balaban J connectivity index is 2.21.